The first-order chi connectivity index (χ1) is 16.1. The average Bonchev–Trinajstić information content (AvgIpc) is 3.18. The lowest BCUT2D eigenvalue weighted by Crippen LogP contribution is -2.48. The fraction of sp³-hybridized carbons (Fsp3) is 0.682. The molecule has 0 unspecified atom stereocenters. The minimum Gasteiger partial charge on any atom is -0.380 e. The van der Waals surface area contributed by atoms with E-state index >= 15 is 0 Å². The third-order valence-electron chi connectivity index (χ3n) is 5.75. The van der Waals surface area contributed by atoms with Gasteiger partial charge in [-0.1, -0.05) is 0 Å². The Labute approximate surface area is 195 Å². The van der Waals surface area contributed by atoms with Crippen molar-refractivity contribution in [2.45, 2.75) is 26.3 Å². The van der Waals surface area contributed by atoms with Crippen LogP contribution < -0.4 is 11.1 Å². The number of methoxy groups -OCH3 is 2. The molecule has 2 aromatic rings. The van der Waals surface area contributed by atoms with Crippen LogP contribution in [0.4, 0.5) is 0 Å². The largest absolute Gasteiger partial charge is 0.380 e. The molecule has 11 nitrogen and oxygen atoms in total. The van der Waals surface area contributed by atoms with Crippen molar-refractivity contribution in [2.24, 2.45) is 10.7 Å². The zero-order valence-electron chi connectivity index (χ0n) is 20.1. The van der Waals surface area contributed by atoms with Crippen LogP contribution in [0.3, 0.4) is 0 Å². The Bertz CT molecular complexity index is 862. The van der Waals surface area contributed by atoms with E-state index in [-0.39, 0.29) is 6.29 Å². The highest BCUT2D eigenvalue weighted by Gasteiger charge is 2.20. The number of nitrogens with zero attached hydrogens (tertiary/aromatic N) is 6. The Hall–Kier alpha value is -2.31. The van der Waals surface area contributed by atoms with E-state index in [9.17, 15) is 0 Å². The molecule has 0 amide bonds. The van der Waals surface area contributed by atoms with Crippen molar-refractivity contribution in [2.75, 3.05) is 73.2 Å². The van der Waals surface area contributed by atoms with Gasteiger partial charge in [0.2, 0.25) is 0 Å². The number of nitrogens with two attached hydrogens (primary N) is 1. The normalized spacial score (nSPS) is 16.2. The second-order valence-corrected chi connectivity index (χ2v) is 7.89. The summed E-state index contributed by atoms with van der Waals surface area (Å²) in [5, 5.41) is 3.16. The SMILES string of the molecule is CCOCCn1c(CN2CCN(CCNC(N)=NCC(OC)OC)CC2)nc2cccnc21. The maximum absolute atomic E-state index is 5.92. The van der Waals surface area contributed by atoms with Crippen LogP contribution in [0.5, 0.6) is 0 Å². The van der Waals surface area contributed by atoms with Crippen LogP contribution in [0.1, 0.15) is 12.7 Å². The fourth-order valence-electron chi connectivity index (χ4n) is 3.85. The number of piperazine rings is 1. The smallest absolute Gasteiger partial charge is 0.188 e. The zero-order chi connectivity index (χ0) is 23.5. The molecule has 1 saturated heterocycles. The van der Waals surface area contributed by atoms with Gasteiger partial charge in [0.25, 0.3) is 0 Å². The van der Waals surface area contributed by atoms with E-state index in [0.29, 0.717) is 25.7 Å². The van der Waals surface area contributed by atoms with Crippen molar-refractivity contribution in [3.8, 4) is 0 Å². The lowest BCUT2D eigenvalue weighted by Gasteiger charge is -2.34. The Morgan fingerprint density at radius 3 is 2.67 bits per heavy atom. The molecule has 1 fully saturated rings. The molecule has 3 heterocycles. The van der Waals surface area contributed by atoms with E-state index in [2.05, 4.69) is 29.7 Å². The molecule has 0 saturated carbocycles. The van der Waals surface area contributed by atoms with Gasteiger partial charge < -0.3 is 29.8 Å². The number of rotatable bonds is 13. The van der Waals surface area contributed by atoms with Gasteiger partial charge in [0.05, 0.1) is 19.7 Å². The van der Waals surface area contributed by atoms with E-state index in [1.165, 1.54) is 0 Å². The highest BCUT2D eigenvalue weighted by Crippen LogP contribution is 2.16. The van der Waals surface area contributed by atoms with Crippen molar-refractivity contribution in [1.29, 1.82) is 0 Å². The predicted molar refractivity (Wildman–Crippen MR) is 128 cm³/mol. The molecular formula is C22H38N8O3. The minimum absolute atomic E-state index is 0.370. The molecule has 3 rings (SSSR count). The summed E-state index contributed by atoms with van der Waals surface area (Å²) >= 11 is 0. The van der Waals surface area contributed by atoms with Crippen LogP contribution in [0, 0.1) is 0 Å². The van der Waals surface area contributed by atoms with Gasteiger partial charge in [-0.3, -0.25) is 9.80 Å². The molecule has 0 spiro atoms. The summed E-state index contributed by atoms with van der Waals surface area (Å²) in [7, 11) is 3.17. The van der Waals surface area contributed by atoms with Crippen molar-refractivity contribution in [1.82, 2.24) is 29.7 Å². The topological polar surface area (TPSA) is 115 Å². The van der Waals surface area contributed by atoms with Crippen LogP contribution in [0.15, 0.2) is 23.3 Å². The van der Waals surface area contributed by atoms with Crippen LogP contribution in [0.2, 0.25) is 0 Å². The van der Waals surface area contributed by atoms with E-state index in [0.717, 1.165) is 69.3 Å². The first-order valence-electron chi connectivity index (χ1n) is 11.6. The standard InChI is InChI=1S/C22H38N8O3/c1-4-33-15-14-30-19(27-18-6-5-7-24-21(18)30)17-29-12-10-28(11-13-29)9-8-25-22(23)26-16-20(31-2)32-3/h5-7,20H,4,8-17H2,1-3H3,(H3,23,25,26). The quantitative estimate of drug-likeness (QED) is 0.185. The Kier molecular flexibility index (Phi) is 10.3. The molecule has 0 radical (unpaired) electrons. The van der Waals surface area contributed by atoms with Crippen LogP contribution in [0.25, 0.3) is 11.2 Å². The number of nitrogens with one attached hydrogen (secondary N) is 1. The molecule has 184 valence electrons. The number of imidazole rings is 1. The number of hydrogen-bond donors (Lipinski definition) is 2. The van der Waals surface area contributed by atoms with Gasteiger partial charge in [0.1, 0.15) is 11.3 Å². The van der Waals surface area contributed by atoms with Gasteiger partial charge in [-0.05, 0) is 19.1 Å². The average molecular weight is 463 g/mol. The molecule has 0 bridgehead atoms. The molecule has 3 N–H and O–H groups in total. The predicted octanol–water partition coefficient (Wildman–Crippen LogP) is 0.109. The molecule has 0 atom stereocenters. The third-order valence-corrected chi connectivity index (χ3v) is 5.75. The molecule has 11 heteroatoms. The summed E-state index contributed by atoms with van der Waals surface area (Å²) in [5.41, 5.74) is 7.79. The third kappa shape index (κ3) is 7.61. The number of hydrogen-bond acceptors (Lipinski definition) is 8. The molecule has 0 aliphatic carbocycles. The maximum Gasteiger partial charge on any atom is 0.188 e. The van der Waals surface area contributed by atoms with Gasteiger partial charge in [-0.25, -0.2) is 15.0 Å². The molecule has 0 aromatic carbocycles. The van der Waals surface area contributed by atoms with Crippen molar-refractivity contribution >= 4 is 17.1 Å². The molecule has 1 aliphatic heterocycles. The minimum atomic E-state index is -0.374. The molecule has 1 aliphatic rings. The summed E-state index contributed by atoms with van der Waals surface area (Å²) in [4.78, 5) is 18.5. The van der Waals surface area contributed by atoms with Crippen molar-refractivity contribution in [3.63, 3.8) is 0 Å². The van der Waals surface area contributed by atoms with Gasteiger partial charge in [-0.15, -0.1) is 0 Å². The van der Waals surface area contributed by atoms with E-state index < -0.39 is 0 Å². The summed E-state index contributed by atoms with van der Waals surface area (Å²) in [5.74, 6) is 1.46. The Morgan fingerprint density at radius 2 is 1.94 bits per heavy atom. The summed E-state index contributed by atoms with van der Waals surface area (Å²) < 4.78 is 18.0. The second kappa shape index (κ2) is 13.4. The number of aromatic nitrogens is 3. The Balaban J connectivity index is 1.44. The van der Waals surface area contributed by atoms with E-state index in [1.54, 1.807) is 14.2 Å². The lowest BCUT2D eigenvalue weighted by molar-refractivity contribution is -0.0937. The number of guanidine groups is 1. The molecule has 2 aromatic heterocycles. The fourth-order valence-corrected chi connectivity index (χ4v) is 3.85. The summed E-state index contributed by atoms with van der Waals surface area (Å²) in [6.07, 6.45) is 1.45. The van der Waals surface area contributed by atoms with Crippen LogP contribution in [-0.2, 0) is 27.3 Å². The highest BCUT2D eigenvalue weighted by atomic mass is 16.7. The van der Waals surface area contributed by atoms with Crippen LogP contribution in [-0.4, -0.2) is 110 Å². The van der Waals surface area contributed by atoms with Gasteiger partial charge in [-0.2, -0.15) is 0 Å². The van der Waals surface area contributed by atoms with Gasteiger partial charge in [0, 0.05) is 72.8 Å². The number of fused-ring (bicyclic) bond motifs is 1. The first-order valence-corrected chi connectivity index (χ1v) is 11.6. The van der Waals surface area contributed by atoms with E-state index in [4.69, 9.17) is 24.9 Å². The zero-order valence-corrected chi connectivity index (χ0v) is 20.1. The number of ether oxygens (including phenoxy) is 3. The molecule has 33 heavy (non-hydrogen) atoms. The summed E-state index contributed by atoms with van der Waals surface area (Å²) in [6, 6.07) is 3.96. The maximum atomic E-state index is 5.92. The lowest BCUT2D eigenvalue weighted by atomic mass is 10.3. The molecular weight excluding hydrogens is 424 g/mol. The number of aliphatic imine (C=N–C) groups is 1. The van der Waals surface area contributed by atoms with Crippen LogP contribution >= 0.6 is 0 Å². The van der Waals surface area contributed by atoms with Gasteiger partial charge >= 0.3 is 0 Å². The highest BCUT2D eigenvalue weighted by molar-refractivity contribution is 5.77. The monoisotopic (exact) mass is 462 g/mol. The second-order valence-electron chi connectivity index (χ2n) is 7.89. The van der Waals surface area contributed by atoms with Crippen molar-refractivity contribution in [3.05, 3.63) is 24.2 Å². The van der Waals surface area contributed by atoms with E-state index in [1.807, 2.05) is 25.3 Å². The van der Waals surface area contributed by atoms with Gasteiger partial charge in [0.15, 0.2) is 17.9 Å². The summed E-state index contributed by atoms with van der Waals surface area (Å²) in [6.45, 7) is 11.0. The Morgan fingerprint density at radius 1 is 1.18 bits per heavy atom. The number of pyridine rings is 1. The first kappa shape index (κ1) is 25.3. The van der Waals surface area contributed by atoms with Crippen molar-refractivity contribution < 1.29 is 14.2 Å².